The molecular weight excluding hydrogens is 427 g/mol. The van der Waals surface area contributed by atoms with Crippen LogP contribution >= 0.6 is 23.2 Å². The Bertz CT molecular complexity index is 1250. The minimum absolute atomic E-state index is 0.123. The van der Waals surface area contributed by atoms with Crippen molar-refractivity contribution in [2.45, 2.75) is 6.54 Å². The van der Waals surface area contributed by atoms with Crippen molar-refractivity contribution in [1.82, 2.24) is 14.5 Å². The van der Waals surface area contributed by atoms with Crippen LogP contribution in [-0.4, -0.2) is 31.3 Å². The molecule has 3 heterocycles. The normalized spacial score (nSPS) is 10.9. The summed E-state index contributed by atoms with van der Waals surface area (Å²) in [6.45, 7) is 0.407. The largest absolute Gasteiger partial charge is 0.508 e. The molecular formula is C21H14Cl2N4O3. The predicted octanol–water partition coefficient (Wildman–Crippen LogP) is 4.31. The smallest absolute Gasteiger partial charge is 0.296 e. The predicted molar refractivity (Wildman–Crippen MR) is 114 cm³/mol. The van der Waals surface area contributed by atoms with E-state index in [-0.39, 0.29) is 27.0 Å². The molecule has 1 aromatic carbocycles. The Morgan fingerprint density at radius 1 is 1.07 bits per heavy atom. The molecule has 0 spiro atoms. The van der Waals surface area contributed by atoms with E-state index in [1.807, 2.05) is 0 Å². The lowest BCUT2D eigenvalue weighted by atomic mass is 10.1. The molecule has 4 rings (SSSR count). The standard InChI is InChI=1S/C21H14Cl2N4O3/c22-16-8-24-9-17(23)18(16)26-21(30)19(29)15-11-27(20-14(15)2-1-7-25-20)10-12-3-5-13(28)6-4-12/h1-9,11,28H,10H2,(H,24,26,30). The Balaban J connectivity index is 1.67. The van der Waals surface area contributed by atoms with Gasteiger partial charge in [0.2, 0.25) is 0 Å². The van der Waals surface area contributed by atoms with Gasteiger partial charge in [-0.2, -0.15) is 0 Å². The molecule has 7 nitrogen and oxygen atoms in total. The number of aromatic hydroxyl groups is 1. The third-order valence-electron chi connectivity index (χ3n) is 4.47. The van der Waals surface area contributed by atoms with Gasteiger partial charge in [0.25, 0.3) is 11.7 Å². The number of carbonyl (C=O) groups excluding carboxylic acids is 2. The number of hydrogen-bond donors (Lipinski definition) is 2. The first-order chi connectivity index (χ1) is 14.4. The highest BCUT2D eigenvalue weighted by Gasteiger charge is 2.23. The van der Waals surface area contributed by atoms with Gasteiger partial charge >= 0.3 is 0 Å². The van der Waals surface area contributed by atoms with E-state index in [0.29, 0.717) is 17.6 Å². The minimum Gasteiger partial charge on any atom is -0.508 e. The van der Waals surface area contributed by atoms with Crippen LogP contribution in [0.4, 0.5) is 5.69 Å². The number of fused-ring (bicyclic) bond motifs is 1. The van der Waals surface area contributed by atoms with Gasteiger partial charge < -0.3 is 15.0 Å². The van der Waals surface area contributed by atoms with Gasteiger partial charge in [0, 0.05) is 36.7 Å². The SMILES string of the molecule is O=C(Nc1c(Cl)cncc1Cl)C(=O)c1cn(Cc2ccc(O)cc2)c2ncccc12. The number of ketones is 1. The van der Waals surface area contributed by atoms with Gasteiger partial charge in [-0.25, -0.2) is 4.98 Å². The van der Waals surface area contributed by atoms with E-state index < -0.39 is 11.7 Å². The number of phenols is 1. The van der Waals surface area contributed by atoms with Crippen molar-refractivity contribution in [3.05, 3.63) is 82.4 Å². The van der Waals surface area contributed by atoms with Crippen molar-refractivity contribution < 1.29 is 14.7 Å². The summed E-state index contributed by atoms with van der Waals surface area (Å²) < 4.78 is 1.77. The monoisotopic (exact) mass is 440 g/mol. The van der Waals surface area contributed by atoms with Crippen LogP contribution in [0.15, 0.2) is 61.2 Å². The second-order valence-corrected chi connectivity index (χ2v) is 7.29. The number of anilines is 1. The number of amides is 1. The number of hydrogen-bond acceptors (Lipinski definition) is 5. The molecule has 1 amide bonds. The average molecular weight is 441 g/mol. The number of pyridine rings is 2. The minimum atomic E-state index is -0.877. The van der Waals surface area contributed by atoms with Gasteiger partial charge in [0.1, 0.15) is 11.4 Å². The molecule has 3 aromatic heterocycles. The fourth-order valence-electron chi connectivity index (χ4n) is 3.05. The van der Waals surface area contributed by atoms with Crippen molar-refractivity contribution in [3.63, 3.8) is 0 Å². The van der Waals surface area contributed by atoms with E-state index in [1.54, 1.807) is 53.4 Å². The van der Waals surface area contributed by atoms with Gasteiger partial charge in [-0.05, 0) is 29.8 Å². The zero-order chi connectivity index (χ0) is 21.3. The number of carbonyl (C=O) groups is 2. The van der Waals surface area contributed by atoms with Crippen molar-refractivity contribution in [1.29, 1.82) is 0 Å². The zero-order valence-electron chi connectivity index (χ0n) is 15.3. The highest BCUT2D eigenvalue weighted by atomic mass is 35.5. The fraction of sp³-hybridized carbons (Fsp3) is 0.0476. The van der Waals surface area contributed by atoms with Gasteiger partial charge in [-0.3, -0.25) is 14.6 Å². The summed E-state index contributed by atoms with van der Waals surface area (Å²) in [6.07, 6.45) is 5.84. The molecule has 4 aromatic rings. The maximum absolute atomic E-state index is 12.9. The number of phenolic OH excluding ortho intramolecular Hbond substituents is 1. The summed E-state index contributed by atoms with van der Waals surface area (Å²) in [5.41, 5.74) is 1.78. The molecule has 0 saturated carbocycles. The van der Waals surface area contributed by atoms with Crippen molar-refractivity contribution in [2.24, 2.45) is 0 Å². The van der Waals surface area contributed by atoms with Crippen LogP contribution < -0.4 is 5.32 Å². The molecule has 9 heteroatoms. The van der Waals surface area contributed by atoms with Crippen LogP contribution in [0.2, 0.25) is 10.0 Å². The number of halogens is 2. The van der Waals surface area contributed by atoms with E-state index in [4.69, 9.17) is 23.2 Å². The Morgan fingerprint density at radius 3 is 2.47 bits per heavy atom. The first kappa shape index (κ1) is 19.9. The number of benzene rings is 1. The van der Waals surface area contributed by atoms with Gasteiger partial charge in [-0.1, -0.05) is 35.3 Å². The van der Waals surface area contributed by atoms with Crippen molar-refractivity contribution >= 4 is 51.6 Å². The Hall–Kier alpha value is -3.42. The lowest BCUT2D eigenvalue weighted by Gasteiger charge is -2.07. The average Bonchev–Trinajstić information content (AvgIpc) is 3.10. The first-order valence-electron chi connectivity index (χ1n) is 8.80. The third-order valence-corrected chi connectivity index (χ3v) is 5.04. The molecule has 0 aliphatic heterocycles. The number of nitrogens with zero attached hydrogens (tertiary/aromatic N) is 3. The van der Waals surface area contributed by atoms with Gasteiger partial charge in [0.15, 0.2) is 0 Å². The van der Waals surface area contributed by atoms with Crippen molar-refractivity contribution in [3.8, 4) is 5.75 Å². The van der Waals surface area contributed by atoms with Gasteiger partial charge in [0.05, 0.1) is 21.3 Å². The molecule has 2 N–H and O–H groups in total. The second kappa shape index (κ2) is 8.14. The van der Waals surface area contributed by atoms with Crippen LogP contribution in [0.25, 0.3) is 11.0 Å². The summed E-state index contributed by atoms with van der Waals surface area (Å²) in [5, 5.41) is 12.7. The molecule has 0 unspecified atom stereocenters. The molecule has 0 bridgehead atoms. The molecule has 0 aliphatic rings. The van der Waals surface area contributed by atoms with Crippen LogP contribution in [0.3, 0.4) is 0 Å². The summed E-state index contributed by atoms with van der Waals surface area (Å²) in [6, 6.07) is 10.1. The number of Topliss-reactive ketones (excluding diaryl/α,β-unsaturated/α-hetero) is 1. The molecule has 0 fully saturated rings. The lowest BCUT2D eigenvalue weighted by molar-refractivity contribution is -0.112. The van der Waals surface area contributed by atoms with Crippen LogP contribution in [0, 0.1) is 0 Å². The Labute approximate surface area is 180 Å². The number of nitrogens with one attached hydrogen (secondary N) is 1. The molecule has 30 heavy (non-hydrogen) atoms. The van der Waals surface area contributed by atoms with E-state index in [9.17, 15) is 14.7 Å². The maximum atomic E-state index is 12.9. The fourth-order valence-corrected chi connectivity index (χ4v) is 3.50. The summed E-state index contributed by atoms with van der Waals surface area (Å²) in [4.78, 5) is 33.7. The second-order valence-electron chi connectivity index (χ2n) is 6.47. The van der Waals surface area contributed by atoms with Crippen LogP contribution in [-0.2, 0) is 11.3 Å². The highest BCUT2D eigenvalue weighted by Crippen LogP contribution is 2.29. The topological polar surface area (TPSA) is 97.1 Å². The van der Waals surface area contributed by atoms with Crippen molar-refractivity contribution in [2.75, 3.05) is 5.32 Å². The molecule has 0 saturated heterocycles. The number of aromatic nitrogens is 3. The van der Waals surface area contributed by atoms with E-state index in [1.165, 1.54) is 12.4 Å². The van der Waals surface area contributed by atoms with E-state index in [0.717, 1.165) is 5.56 Å². The maximum Gasteiger partial charge on any atom is 0.296 e. The quantitative estimate of drug-likeness (QED) is 0.355. The summed E-state index contributed by atoms with van der Waals surface area (Å²) in [7, 11) is 0. The van der Waals surface area contributed by atoms with Crippen LogP contribution in [0.5, 0.6) is 5.75 Å². The third kappa shape index (κ3) is 3.85. The lowest BCUT2D eigenvalue weighted by Crippen LogP contribution is -2.23. The molecule has 0 atom stereocenters. The van der Waals surface area contributed by atoms with E-state index in [2.05, 4.69) is 15.3 Å². The molecule has 150 valence electrons. The first-order valence-corrected chi connectivity index (χ1v) is 9.56. The number of rotatable bonds is 5. The summed E-state index contributed by atoms with van der Waals surface area (Å²) >= 11 is 12.0. The Kier molecular flexibility index (Phi) is 5.39. The Morgan fingerprint density at radius 2 is 1.77 bits per heavy atom. The zero-order valence-corrected chi connectivity index (χ0v) is 16.9. The van der Waals surface area contributed by atoms with Gasteiger partial charge in [-0.15, -0.1) is 0 Å². The van der Waals surface area contributed by atoms with Crippen LogP contribution in [0.1, 0.15) is 15.9 Å². The molecule has 0 radical (unpaired) electrons. The van der Waals surface area contributed by atoms with E-state index >= 15 is 0 Å². The molecule has 0 aliphatic carbocycles. The highest BCUT2D eigenvalue weighted by molar-refractivity contribution is 6.50. The summed E-state index contributed by atoms with van der Waals surface area (Å²) in [5.74, 6) is -1.46.